The van der Waals surface area contributed by atoms with Crippen LogP contribution in [0.2, 0.25) is 0 Å². The summed E-state index contributed by atoms with van der Waals surface area (Å²) in [5.74, 6) is -2.56. The van der Waals surface area contributed by atoms with Crippen LogP contribution in [0.3, 0.4) is 0 Å². The van der Waals surface area contributed by atoms with E-state index in [1.165, 1.54) is 12.1 Å². The predicted octanol–water partition coefficient (Wildman–Crippen LogP) is 1.27. The van der Waals surface area contributed by atoms with Crippen LogP contribution in [0.1, 0.15) is 15.9 Å². The van der Waals surface area contributed by atoms with E-state index in [1.54, 1.807) is 13.0 Å². The van der Waals surface area contributed by atoms with Crippen molar-refractivity contribution in [3.8, 4) is 11.5 Å². The van der Waals surface area contributed by atoms with Gasteiger partial charge in [-0.1, -0.05) is 17.9 Å². The molecule has 7 nitrogen and oxygen atoms in total. The maximum absolute atomic E-state index is 12.2. The lowest BCUT2D eigenvalue weighted by molar-refractivity contribution is -0.268. The van der Waals surface area contributed by atoms with Gasteiger partial charge in [0.1, 0.15) is 5.75 Å². The molecule has 0 bridgehead atoms. The highest BCUT2D eigenvalue weighted by molar-refractivity contribution is 7.92. The number of aryl methyl sites for hydroxylation is 1. The van der Waals surface area contributed by atoms with Gasteiger partial charge in [0.25, 0.3) is 10.0 Å². The second kappa shape index (κ2) is 5.57. The van der Waals surface area contributed by atoms with Crippen molar-refractivity contribution in [3.05, 3.63) is 47.5 Å². The van der Waals surface area contributed by atoms with E-state index in [0.717, 1.165) is 23.8 Å². The molecule has 0 unspecified atom stereocenters. The molecule has 0 spiro atoms. The topological polar surface area (TPSA) is 127 Å². The molecular weight excluding hydrogens is 310 g/mol. The van der Waals surface area contributed by atoms with Crippen LogP contribution >= 0.6 is 0 Å². The molecule has 0 saturated carbocycles. The van der Waals surface area contributed by atoms with Gasteiger partial charge in [-0.05, 0) is 36.8 Å². The maximum atomic E-state index is 12.2. The Morgan fingerprint density at radius 2 is 1.86 bits per heavy atom. The Morgan fingerprint density at radius 3 is 2.45 bits per heavy atom. The van der Waals surface area contributed by atoms with E-state index in [2.05, 4.69) is 4.72 Å². The number of rotatable bonds is 4. The van der Waals surface area contributed by atoms with Gasteiger partial charge in [-0.15, -0.1) is 0 Å². The van der Waals surface area contributed by atoms with Gasteiger partial charge in [-0.2, -0.15) is 0 Å². The van der Waals surface area contributed by atoms with Crippen molar-refractivity contribution in [1.29, 1.82) is 0 Å². The molecule has 0 aromatic heterocycles. The number of aromatic carboxylic acids is 1. The molecule has 0 fully saturated rings. The molecular formula is C14H12NO6S-. The molecule has 22 heavy (non-hydrogen) atoms. The Labute approximate surface area is 126 Å². The van der Waals surface area contributed by atoms with Crippen LogP contribution in [0.15, 0.2) is 41.3 Å². The number of carbonyl (C=O) groups is 1. The number of phenols is 1. The lowest BCUT2D eigenvalue weighted by atomic mass is 10.2. The average molecular weight is 322 g/mol. The first-order chi connectivity index (χ1) is 10.2. The smallest absolute Gasteiger partial charge is 0.335 e. The van der Waals surface area contributed by atoms with E-state index >= 15 is 0 Å². The first kappa shape index (κ1) is 15.6. The minimum absolute atomic E-state index is 0.0475. The van der Waals surface area contributed by atoms with E-state index in [4.69, 9.17) is 5.11 Å². The third kappa shape index (κ3) is 3.12. The summed E-state index contributed by atoms with van der Waals surface area (Å²) in [5.41, 5.74) is 0.0500. The van der Waals surface area contributed by atoms with E-state index in [1.807, 2.05) is 0 Å². The minimum atomic E-state index is -4.13. The normalized spacial score (nSPS) is 11.1. The zero-order valence-corrected chi connectivity index (χ0v) is 12.2. The van der Waals surface area contributed by atoms with Crippen LogP contribution in [-0.4, -0.2) is 24.6 Å². The summed E-state index contributed by atoms with van der Waals surface area (Å²) in [6, 6.07) is 7.00. The molecule has 0 aliphatic rings. The van der Waals surface area contributed by atoms with E-state index < -0.39 is 27.3 Å². The Kier molecular flexibility index (Phi) is 3.96. The third-order valence-electron chi connectivity index (χ3n) is 2.89. The number of nitrogens with one attached hydrogen (secondary N) is 1. The van der Waals surface area contributed by atoms with Gasteiger partial charge >= 0.3 is 5.97 Å². The van der Waals surface area contributed by atoms with Gasteiger partial charge in [-0.25, -0.2) is 13.2 Å². The molecule has 2 aromatic rings. The van der Waals surface area contributed by atoms with Gasteiger partial charge in [0.05, 0.1) is 16.1 Å². The average Bonchev–Trinajstić information content (AvgIpc) is 2.42. The Bertz CT molecular complexity index is 844. The van der Waals surface area contributed by atoms with Crippen LogP contribution in [-0.2, 0) is 10.0 Å². The highest BCUT2D eigenvalue weighted by Gasteiger charge is 2.18. The zero-order valence-electron chi connectivity index (χ0n) is 11.4. The summed E-state index contributed by atoms with van der Waals surface area (Å²) in [4.78, 5) is 10.5. The van der Waals surface area contributed by atoms with Crippen molar-refractivity contribution in [2.75, 3.05) is 4.72 Å². The van der Waals surface area contributed by atoms with Gasteiger partial charge < -0.3 is 15.3 Å². The number of anilines is 1. The Morgan fingerprint density at radius 1 is 1.18 bits per heavy atom. The number of benzene rings is 2. The van der Waals surface area contributed by atoms with Crippen LogP contribution in [0.25, 0.3) is 0 Å². The first-order valence-corrected chi connectivity index (χ1v) is 7.56. The van der Waals surface area contributed by atoms with E-state index in [-0.39, 0.29) is 16.3 Å². The summed E-state index contributed by atoms with van der Waals surface area (Å²) in [7, 11) is -4.13. The van der Waals surface area contributed by atoms with Gasteiger partial charge in [0, 0.05) is 0 Å². The number of phenolic OH excluding ortho intramolecular Hbond substituents is 1. The molecule has 0 aliphatic carbocycles. The summed E-state index contributed by atoms with van der Waals surface area (Å²) < 4.78 is 26.6. The first-order valence-electron chi connectivity index (χ1n) is 6.07. The lowest BCUT2D eigenvalue weighted by Crippen LogP contribution is -2.14. The molecule has 2 aromatic carbocycles. The van der Waals surface area contributed by atoms with Gasteiger partial charge in [0.2, 0.25) is 0 Å². The fraction of sp³-hybridized carbons (Fsp3) is 0.0714. The molecule has 3 N–H and O–H groups in total. The van der Waals surface area contributed by atoms with Crippen molar-refractivity contribution < 1.29 is 28.5 Å². The van der Waals surface area contributed by atoms with Crippen LogP contribution in [0.4, 0.5) is 5.69 Å². The van der Waals surface area contributed by atoms with Crippen LogP contribution < -0.4 is 9.83 Å². The van der Waals surface area contributed by atoms with Crippen LogP contribution in [0, 0.1) is 6.92 Å². The third-order valence-corrected chi connectivity index (χ3v) is 4.25. The molecule has 8 heteroatoms. The highest BCUT2D eigenvalue weighted by Crippen LogP contribution is 2.27. The number of hydrogen-bond acceptors (Lipinski definition) is 5. The predicted molar refractivity (Wildman–Crippen MR) is 76.5 cm³/mol. The summed E-state index contributed by atoms with van der Waals surface area (Å²) >= 11 is 0. The molecule has 0 aliphatic heterocycles. The van der Waals surface area contributed by atoms with Gasteiger partial charge in [-0.3, -0.25) is 4.72 Å². The van der Waals surface area contributed by atoms with Gasteiger partial charge in [0.15, 0.2) is 0 Å². The van der Waals surface area contributed by atoms with Crippen LogP contribution in [0.5, 0.6) is 11.5 Å². The van der Waals surface area contributed by atoms with E-state index in [9.17, 15) is 23.4 Å². The Balaban J connectivity index is 2.42. The number of sulfonamides is 1. The summed E-state index contributed by atoms with van der Waals surface area (Å²) in [6.07, 6.45) is 0. The Hall–Kier alpha value is -2.74. The minimum Gasteiger partial charge on any atom is -0.872 e. The lowest BCUT2D eigenvalue weighted by Gasteiger charge is -2.14. The zero-order chi connectivity index (χ0) is 16.5. The number of carboxylic acids is 1. The van der Waals surface area contributed by atoms with Crippen molar-refractivity contribution >= 4 is 21.7 Å². The molecule has 0 saturated heterocycles. The molecule has 0 radical (unpaired) electrons. The highest BCUT2D eigenvalue weighted by atomic mass is 32.2. The second-order valence-corrected chi connectivity index (χ2v) is 6.27. The maximum Gasteiger partial charge on any atom is 0.335 e. The number of hydrogen-bond donors (Lipinski definition) is 3. The quantitative estimate of drug-likeness (QED) is 0.728. The standard InChI is InChI=1S/C14H13NO6S/c1-8-2-4-11(13(17)6-8)15-22(20,21)9-3-5-12(16)10(7-9)14(18)19/h2-7,15-17H,1H3,(H,18,19)/p-1. The molecule has 2 rings (SSSR count). The molecule has 0 heterocycles. The van der Waals surface area contributed by atoms with Crippen molar-refractivity contribution in [2.45, 2.75) is 11.8 Å². The molecule has 0 amide bonds. The summed E-state index contributed by atoms with van der Waals surface area (Å²) in [6.45, 7) is 1.73. The largest absolute Gasteiger partial charge is 0.872 e. The number of aromatic hydroxyl groups is 1. The van der Waals surface area contributed by atoms with Crippen molar-refractivity contribution in [2.24, 2.45) is 0 Å². The SMILES string of the molecule is Cc1ccc(NS(=O)(=O)c2ccc([O-])c(C(=O)O)c2)c(O)c1. The monoisotopic (exact) mass is 322 g/mol. The molecule has 116 valence electrons. The number of carboxylic acid groups (broad SMARTS) is 1. The summed E-state index contributed by atoms with van der Waals surface area (Å²) in [5, 5.41) is 29.9. The fourth-order valence-electron chi connectivity index (χ4n) is 1.78. The molecule has 0 atom stereocenters. The van der Waals surface area contributed by atoms with Crippen molar-refractivity contribution in [1.82, 2.24) is 0 Å². The fourth-order valence-corrected chi connectivity index (χ4v) is 2.88. The van der Waals surface area contributed by atoms with Crippen molar-refractivity contribution in [3.63, 3.8) is 0 Å². The van der Waals surface area contributed by atoms with E-state index in [0.29, 0.717) is 0 Å². The second-order valence-electron chi connectivity index (χ2n) is 4.59.